The van der Waals surface area contributed by atoms with Crippen LogP contribution in [0.25, 0.3) is 0 Å². The molecule has 0 bridgehead atoms. The molecule has 2 rings (SSSR count). The van der Waals surface area contributed by atoms with Gasteiger partial charge in [0.15, 0.2) is 0 Å². The van der Waals surface area contributed by atoms with Crippen molar-refractivity contribution >= 4 is 40.5 Å². The Kier molecular flexibility index (Phi) is 4.20. The molecule has 0 saturated heterocycles. The van der Waals surface area contributed by atoms with E-state index in [1.165, 1.54) is 12.1 Å². The van der Waals surface area contributed by atoms with Crippen molar-refractivity contribution in [1.82, 2.24) is 9.78 Å². The molecule has 0 aliphatic heterocycles. The molecule has 0 aliphatic rings. The van der Waals surface area contributed by atoms with Gasteiger partial charge in [0.2, 0.25) is 0 Å². The van der Waals surface area contributed by atoms with Crippen LogP contribution in [-0.2, 0) is 0 Å². The minimum atomic E-state index is -0.322. The molecular formula is C13H14Cl2N4O. The third-order valence-corrected chi connectivity index (χ3v) is 3.36. The summed E-state index contributed by atoms with van der Waals surface area (Å²) in [6.07, 6.45) is 3.33. The summed E-state index contributed by atoms with van der Waals surface area (Å²) in [4.78, 5) is 12.1. The number of hydrogen-bond acceptors (Lipinski definition) is 3. The number of nitrogens with one attached hydrogen (secondary N) is 1. The predicted molar refractivity (Wildman–Crippen MR) is 81.4 cm³/mol. The molecule has 7 heteroatoms. The summed E-state index contributed by atoms with van der Waals surface area (Å²) in [6, 6.07) is 3.18. The van der Waals surface area contributed by atoms with Gasteiger partial charge in [-0.05, 0) is 26.0 Å². The number of hydrogen-bond donors (Lipinski definition) is 2. The molecular weight excluding hydrogens is 299 g/mol. The number of carbonyl (C=O) groups excluding carboxylic acids is 1. The summed E-state index contributed by atoms with van der Waals surface area (Å²) in [7, 11) is 0. The molecule has 1 heterocycles. The van der Waals surface area contributed by atoms with Gasteiger partial charge in [0.05, 0.1) is 27.6 Å². The standard InChI is InChI=1S/C13H14Cl2N4O/c1-7(2)19-6-9(5-17-19)18-13(20)8-3-10(14)12(16)11(15)4-8/h3-7H,16H2,1-2H3,(H,18,20). The zero-order valence-electron chi connectivity index (χ0n) is 11.0. The maximum absolute atomic E-state index is 12.1. The van der Waals surface area contributed by atoms with E-state index in [1.54, 1.807) is 17.1 Å². The molecule has 106 valence electrons. The average Bonchev–Trinajstić information content (AvgIpc) is 2.84. The van der Waals surface area contributed by atoms with Crippen LogP contribution in [0.4, 0.5) is 11.4 Å². The van der Waals surface area contributed by atoms with Crippen molar-refractivity contribution in [2.24, 2.45) is 0 Å². The highest BCUT2D eigenvalue weighted by Gasteiger charge is 2.12. The van der Waals surface area contributed by atoms with E-state index in [-0.39, 0.29) is 27.7 Å². The second-order valence-electron chi connectivity index (χ2n) is 4.61. The third kappa shape index (κ3) is 3.05. The van der Waals surface area contributed by atoms with Crippen molar-refractivity contribution in [1.29, 1.82) is 0 Å². The molecule has 0 atom stereocenters. The van der Waals surface area contributed by atoms with Gasteiger partial charge in [-0.1, -0.05) is 23.2 Å². The van der Waals surface area contributed by atoms with E-state index in [4.69, 9.17) is 28.9 Å². The molecule has 3 N–H and O–H groups in total. The average molecular weight is 313 g/mol. The summed E-state index contributed by atoms with van der Waals surface area (Å²) >= 11 is 11.8. The second-order valence-corrected chi connectivity index (χ2v) is 5.42. The van der Waals surface area contributed by atoms with Crippen LogP contribution in [0.2, 0.25) is 10.0 Å². The SMILES string of the molecule is CC(C)n1cc(NC(=O)c2cc(Cl)c(N)c(Cl)c2)cn1. The molecule has 1 amide bonds. The van der Waals surface area contributed by atoms with Crippen LogP contribution in [0.1, 0.15) is 30.2 Å². The molecule has 0 fully saturated rings. The first-order chi connectivity index (χ1) is 9.38. The summed E-state index contributed by atoms with van der Waals surface area (Å²) in [5, 5.41) is 7.37. The highest BCUT2D eigenvalue weighted by molar-refractivity contribution is 6.39. The number of nitrogens with two attached hydrogens (primary N) is 1. The Morgan fingerprint density at radius 3 is 2.45 bits per heavy atom. The van der Waals surface area contributed by atoms with E-state index in [0.29, 0.717) is 11.3 Å². The summed E-state index contributed by atoms with van der Waals surface area (Å²) in [6.45, 7) is 4.00. The molecule has 0 spiro atoms. The number of amides is 1. The van der Waals surface area contributed by atoms with Crippen molar-refractivity contribution in [3.63, 3.8) is 0 Å². The second kappa shape index (κ2) is 5.73. The lowest BCUT2D eigenvalue weighted by atomic mass is 10.2. The Hall–Kier alpha value is -1.72. The number of anilines is 2. The van der Waals surface area contributed by atoms with Crippen LogP contribution in [0.15, 0.2) is 24.5 Å². The Morgan fingerprint density at radius 2 is 1.95 bits per heavy atom. The normalized spacial score (nSPS) is 10.8. The van der Waals surface area contributed by atoms with E-state index in [0.717, 1.165) is 0 Å². The van der Waals surface area contributed by atoms with E-state index in [9.17, 15) is 4.79 Å². The highest BCUT2D eigenvalue weighted by Crippen LogP contribution is 2.29. The number of carbonyl (C=O) groups is 1. The van der Waals surface area contributed by atoms with E-state index < -0.39 is 0 Å². The molecule has 0 unspecified atom stereocenters. The van der Waals surface area contributed by atoms with Gasteiger partial charge in [-0.3, -0.25) is 9.48 Å². The zero-order valence-corrected chi connectivity index (χ0v) is 12.5. The lowest BCUT2D eigenvalue weighted by Crippen LogP contribution is -2.12. The summed E-state index contributed by atoms with van der Waals surface area (Å²) in [5.41, 5.74) is 6.84. The summed E-state index contributed by atoms with van der Waals surface area (Å²) in [5.74, 6) is -0.322. The smallest absolute Gasteiger partial charge is 0.255 e. The van der Waals surface area contributed by atoms with Crippen molar-refractivity contribution in [3.8, 4) is 0 Å². The number of benzene rings is 1. The van der Waals surface area contributed by atoms with Crippen molar-refractivity contribution in [2.75, 3.05) is 11.1 Å². The number of nitrogens with zero attached hydrogens (tertiary/aromatic N) is 2. The minimum Gasteiger partial charge on any atom is -0.396 e. The number of halogens is 2. The quantitative estimate of drug-likeness (QED) is 0.850. The molecule has 2 aromatic rings. The van der Waals surface area contributed by atoms with Gasteiger partial charge in [-0.25, -0.2) is 0 Å². The minimum absolute atomic E-state index is 0.223. The Morgan fingerprint density at radius 1 is 1.35 bits per heavy atom. The molecule has 0 saturated carbocycles. The molecule has 0 aliphatic carbocycles. The number of nitrogen functional groups attached to an aromatic ring is 1. The lowest BCUT2D eigenvalue weighted by Gasteiger charge is -2.07. The van der Waals surface area contributed by atoms with E-state index in [2.05, 4.69) is 10.4 Å². The first-order valence-electron chi connectivity index (χ1n) is 5.98. The predicted octanol–water partition coefficient (Wildman–Crippen LogP) is 3.61. The molecule has 20 heavy (non-hydrogen) atoms. The van der Waals surface area contributed by atoms with Crippen LogP contribution in [-0.4, -0.2) is 15.7 Å². The van der Waals surface area contributed by atoms with Gasteiger partial charge in [0, 0.05) is 17.8 Å². The Labute approximate surface area is 126 Å². The molecule has 5 nitrogen and oxygen atoms in total. The van der Waals surface area contributed by atoms with E-state index >= 15 is 0 Å². The highest BCUT2D eigenvalue weighted by atomic mass is 35.5. The third-order valence-electron chi connectivity index (χ3n) is 2.73. The van der Waals surface area contributed by atoms with E-state index in [1.807, 2.05) is 13.8 Å². The first kappa shape index (κ1) is 14.7. The number of rotatable bonds is 3. The molecule has 1 aromatic heterocycles. The van der Waals surface area contributed by atoms with Gasteiger partial charge in [-0.15, -0.1) is 0 Å². The van der Waals surface area contributed by atoms with Crippen molar-refractivity contribution in [2.45, 2.75) is 19.9 Å². The first-order valence-corrected chi connectivity index (χ1v) is 6.74. The topological polar surface area (TPSA) is 72.9 Å². The van der Waals surface area contributed by atoms with Gasteiger partial charge in [0.25, 0.3) is 5.91 Å². The van der Waals surface area contributed by atoms with Crippen LogP contribution < -0.4 is 11.1 Å². The zero-order chi connectivity index (χ0) is 14.9. The van der Waals surface area contributed by atoms with Gasteiger partial charge in [-0.2, -0.15) is 5.10 Å². The van der Waals surface area contributed by atoms with Crippen molar-refractivity contribution < 1.29 is 4.79 Å². The fourth-order valence-electron chi connectivity index (χ4n) is 1.60. The Balaban J connectivity index is 2.19. The fraction of sp³-hybridized carbons (Fsp3) is 0.231. The van der Waals surface area contributed by atoms with Gasteiger partial charge < -0.3 is 11.1 Å². The van der Waals surface area contributed by atoms with Crippen molar-refractivity contribution in [3.05, 3.63) is 40.1 Å². The van der Waals surface area contributed by atoms with Crippen LogP contribution >= 0.6 is 23.2 Å². The van der Waals surface area contributed by atoms with Crippen LogP contribution in [0.5, 0.6) is 0 Å². The molecule has 1 aromatic carbocycles. The monoisotopic (exact) mass is 312 g/mol. The fourth-order valence-corrected chi connectivity index (χ4v) is 2.09. The lowest BCUT2D eigenvalue weighted by molar-refractivity contribution is 0.102. The largest absolute Gasteiger partial charge is 0.396 e. The van der Waals surface area contributed by atoms with Crippen LogP contribution in [0, 0.1) is 0 Å². The Bertz CT molecular complexity index is 629. The molecule has 0 radical (unpaired) electrons. The van der Waals surface area contributed by atoms with Gasteiger partial charge in [0.1, 0.15) is 0 Å². The number of aromatic nitrogens is 2. The maximum Gasteiger partial charge on any atom is 0.255 e. The van der Waals surface area contributed by atoms with Gasteiger partial charge >= 0.3 is 0 Å². The summed E-state index contributed by atoms with van der Waals surface area (Å²) < 4.78 is 1.75. The van der Waals surface area contributed by atoms with Crippen LogP contribution in [0.3, 0.4) is 0 Å². The maximum atomic E-state index is 12.1.